The minimum absolute atomic E-state index is 0.256. The van der Waals surface area contributed by atoms with Gasteiger partial charge in [-0.05, 0) is 38.5 Å². The number of nitrogens with zero attached hydrogens (tertiary/aromatic N) is 5. The largest absolute Gasteiger partial charge is 0.373 e. The van der Waals surface area contributed by atoms with Crippen molar-refractivity contribution in [1.29, 1.82) is 0 Å². The van der Waals surface area contributed by atoms with E-state index >= 15 is 0 Å². The van der Waals surface area contributed by atoms with E-state index < -0.39 is 0 Å². The highest BCUT2D eigenvalue weighted by Crippen LogP contribution is 2.31. The summed E-state index contributed by atoms with van der Waals surface area (Å²) < 4.78 is 1.96. The summed E-state index contributed by atoms with van der Waals surface area (Å²) in [6, 6.07) is 6.14. The minimum atomic E-state index is 0.256. The van der Waals surface area contributed by atoms with Gasteiger partial charge in [0.2, 0.25) is 5.95 Å². The quantitative estimate of drug-likeness (QED) is 0.673. The van der Waals surface area contributed by atoms with E-state index in [1.807, 2.05) is 42.3 Å². The molecular weight excluding hydrogens is 326 g/mol. The Kier molecular flexibility index (Phi) is 5.46. The lowest BCUT2D eigenvalue weighted by Crippen LogP contribution is -2.04. The first-order valence-corrected chi connectivity index (χ1v) is 8.93. The van der Waals surface area contributed by atoms with Crippen molar-refractivity contribution in [1.82, 2.24) is 24.7 Å². The summed E-state index contributed by atoms with van der Waals surface area (Å²) in [4.78, 5) is 13.4. The fourth-order valence-corrected chi connectivity index (χ4v) is 2.57. The molecule has 2 N–H and O–H groups in total. The molecule has 3 heterocycles. The van der Waals surface area contributed by atoms with E-state index in [1.165, 1.54) is 0 Å². The van der Waals surface area contributed by atoms with Crippen LogP contribution in [0.1, 0.15) is 33.2 Å². The molecule has 0 aromatic carbocycles. The average Bonchev–Trinajstić information content (AvgIpc) is 3.12. The molecule has 7 nitrogen and oxygen atoms in total. The molecule has 3 rings (SSSR count). The van der Waals surface area contributed by atoms with Crippen molar-refractivity contribution in [3.63, 3.8) is 0 Å². The molecule has 3 aromatic heterocycles. The topological polar surface area (TPSA) is 80.5 Å². The van der Waals surface area contributed by atoms with E-state index in [-0.39, 0.29) is 6.04 Å². The first-order valence-electron chi connectivity index (χ1n) is 8.93. The van der Waals surface area contributed by atoms with E-state index in [4.69, 9.17) is 5.10 Å². The maximum Gasteiger partial charge on any atom is 0.223 e. The zero-order chi connectivity index (χ0) is 18.5. The van der Waals surface area contributed by atoms with E-state index in [9.17, 15) is 0 Å². The number of hydrogen-bond acceptors (Lipinski definition) is 6. The van der Waals surface area contributed by atoms with Crippen LogP contribution in [0.25, 0.3) is 22.5 Å². The number of hydrogen-bond donors (Lipinski definition) is 2. The zero-order valence-electron chi connectivity index (χ0n) is 15.7. The smallest absolute Gasteiger partial charge is 0.223 e. The zero-order valence-corrected chi connectivity index (χ0v) is 15.7. The molecule has 0 saturated carbocycles. The van der Waals surface area contributed by atoms with Crippen LogP contribution in [0.4, 0.5) is 11.8 Å². The van der Waals surface area contributed by atoms with Gasteiger partial charge in [0.05, 0.1) is 5.69 Å². The van der Waals surface area contributed by atoms with Crippen LogP contribution < -0.4 is 10.6 Å². The summed E-state index contributed by atoms with van der Waals surface area (Å²) in [5.41, 5.74) is 3.65. The molecule has 0 fully saturated rings. The average molecular weight is 351 g/mol. The van der Waals surface area contributed by atoms with E-state index in [2.05, 4.69) is 46.4 Å². The molecule has 0 amide bonds. The molecule has 0 aliphatic rings. The molecule has 0 aliphatic heterocycles. The lowest BCUT2D eigenvalue weighted by molar-refractivity contribution is 0.534. The Morgan fingerprint density at radius 1 is 1.15 bits per heavy atom. The molecule has 0 unspecified atom stereocenters. The van der Waals surface area contributed by atoms with Crippen LogP contribution in [0.5, 0.6) is 0 Å². The maximum absolute atomic E-state index is 4.78. The standard InChI is InChI=1S/C19H25N7/c1-5-9-21-19-22-10-8-16(24-19)15-12-26(13(2)3)25-18(15)14-6-7-17(20-4)23-11-14/h6-8,10-13H,5,9H2,1-4H3,(H,20,23)(H,21,22,24). The van der Waals surface area contributed by atoms with Crippen LogP contribution in [0.2, 0.25) is 0 Å². The first-order chi connectivity index (χ1) is 12.6. The predicted molar refractivity (Wildman–Crippen MR) is 105 cm³/mol. The Bertz CT molecular complexity index is 853. The Balaban J connectivity index is 2.05. The molecule has 0 radical (unpaired) electrons. The fraction of sp³-hybridized carbons (Fsp3) is 0.368. The van der Waals surface area contributed by atoms with Gasteiger partial charge >= 0.3 is 0 Å². The van der Waals surface area contributed by atoms with Gasteiger partial charge in [-0.25, -0.2) is 15.0 Å². The molecule has 0 atom stereocenters. The summed E-state index contributed by atoms with van der Waals surface area (Å²) in [5, 5.41) is 11.1. The van der Waals surface area contributed by atoms with Gasteiger partial charge in [0.15, 0.2) is 0 Å². The van der Waals surface area contributed by atoms with E-state index in [1.54, 1.807) is 6.20 Å². The number of anilines is 2. The summed E-state index contributed by atoms with van der Waals surface area (Å²) in [6.07, 6.45) is 6.67. The van der Waals surface area contributed by atoms with Crippen molar-refractivity contribution in [3.8, 4) is 22.5 Å². The molecule has 26 heavy (non-hydrogen) atoms. The highest BCUT2D eigenvalue weighted by atomic mass is 15.3. The SMILES string of the molecule is CCCNc1nccc(-c2cn(C(C)C)nc2-c2ccc(NC)nc2)n1. The fourth-order valence-electron chi connectivity index (χ4n) is 2.57. The molecule has 7 heteroatoms. The van der Waals surface area contributed by atoms with Gasteiger partial charge < -0.3 is 10.6 Å². The van der Waals surface area contributed by atoms with Gasteiger partial charge in [-0.3, -0.25) is 4.68 Å². The lowest BCUT2D eigenvalue weighted by Gasteiger charge is -2.06. The van der Waals surface area contributed by atoms with Crippen LogP contribution in [-0.2, 0) is 0 Å². The molecule has 0 bridgehead atoms. The van der Waals surface area contributed by atoms with Crippen molar-refractivity contribution >= 4 is 11.8 Å². The first kappa shape index (κ1) is 17.8. The minimum Gasteiger partial charge on any atom is -0.373 e. The summed E-state index contributed by atoms with van der Waals surface area (Å²) in [5.74, 6) is 1.46. The van der Waals surface area contributed by atoms with Crippen molar-refractivity contribution in [2.45, 2.75) is 33.2 Å². The number of pyridine rings is 1. The third kappa shape index (κ3) is 3.82. The van der Waals surface area contributed by atoms with Crippen molar-refractivity contribution in [2.24, 2.45) is 0 Å². The van der Waals surface area contributed by atoms with Crippen LogP contribution in [0, 0.1) is 0 Å². The summed E-state index contributed by atoms with van der Waals surface area (Å²) in [6.45, 7) is 7.18. The van der Waals surface area contributed by atoms with Gasteiger partial charge in [-0.15, -0.1) is 0 Å². The van der Waals surface area contributed by atoms with Crippen molar-refractivity contribution in [3.05, 3.63) is 36.8 Å². The molecular formula is C19H25N7. The Morgan fingerprint density at radius 3 is 2.65 bits per heavy atom. The normalized spacial score (nSPS) is 11.0. The summed E-state index contributed by atoms with van der Waals surface area (Å²) in [7, 11) is 1.85. The maximum atomic E-state index is 4.78. The number of nitrogens with one attached hydrogen (secondary N) is 2. The molecule has 0 saturated heterocycles. The second-order valence-corrected chi connectivity index (χ2v) is 6.34. The molecule has 0 aliphatic carbocycles. The Morgan fingerprint density at radius 2 is 2.00 bits per heavy atom. The highest BCUT2D eigenvalue weighted by Gasteiger charge is 2.16. The molecule has 0 spiro atoms. The third-order valence-electron chi connectivity index (χ3n) is 4.02. The number of aromatic nitrogens is 5. The van der Waals surface area contributed by atoms with Gasteiger partial charge in [0.25, 0.3) is 0 Å². The monoisotopic (exact) mass is 351 g/mol. The Labute approximate surface area is 153 Å². The molecule has 3 aromatic rings. The van der Waals surface area contributed by atoms with E-state index in [0.717, 1.165) is 41.3 Å². The highest BCUT2D eigenvalue weighted by molar-refractivity contribution is 5.78. The molecule has 136 valence electrons. The van der Waals surface area contributed by atoms with Crippen LogP contribution >= 0.6 is 0 Å². The van der Waals surface area contributed by atoms with E-state index in [0.29, 0.717) is 5.95 Å². The Hall–Kier alpha value is -2.96. The second kappa shape index (κ2) is 7.95. The van der Waals surface area contributed by atoms with Crippen molar-refractivity contribution in [2.75, 3.05) is 24.2 Å². The van der Waals surface area contributed by atoms with Gasteiger partial charge in [-0.2, -0.15) is 5.10 Å². The van der Waals surface area contributed by atoms with Gasteiger partial charge in [0, 0.05) is 49.4 Å². The van der Waals surface area contributed by atoms with Crippen LogP contribution in [0.3, 0.4) is 0 Å². The van der Waals surface area contributed by atoms with Gasteiger partial charge in [0.1, 0.15) is 11.5 Å². The predicted octanol–water partition coefficient (Wildman–Crippen LogP) is 3.85. The summed E-state index contributed by atoms with van der Waals surface area (Å²) >= 11 is 0. The number of rotatable bonds is 7. The second-order valence-electron chi connectivity index (χ2n) is 6.34. The van der Waals surface area contributed by atoms with Crippen LogP contribution in [0.15, 0.2) is 36.8 Å². The third-order valence-corrected chi connectivity index (χ3v) is 4.02. The lowest BCUT2D eigenvalue weighted by atomic mass is 10.1. The van der Waals surface area contributed by atoms with Gasteiger partial charge in [-0.1, -0.05) is 6.92 Å². The van der Waals surface area contributed by atoms with Crippen LogP contribution in [-0.4, -0.2) is 38.3 Å². The van der Waals surface area contributed by atoms with Crippen molar-refractivity contribution < 1.29 is 0 Å².